The van der Waals surface area contributed by atoms with E-state index in [1.165, 1.54) is 16.7 Å². The van der Waals surface area contributed by atoms with Crippen molar-refractivity contribution in [1.29, 1.82) is 0 Å². The molecular formula is C29H35N3O. The molecule has 1 saturated heterocycles. The molecule has 1 amide bonds. The number of piperidine rings is 1. The number of pyridine rings is 1. The molecule has 1 aliphatic heterocycles. The molecule has 0 unspecified atom stereocenters. The van der Waals surface area contributed by atoms with Crippen molar-refractivity contribution in [2.24, 2.45) is 5.41 Å². The van der Waals surface area contributed by atoms with E-state index >= 15 is 0 Å². The van der Waals surface area contributed by atoms with Gasteiger partial charge in [-0.25, -0.2) is 0 Å². The highest BCUT2D eigenvalue weighted by Crippen LogP contribution is 2.39. The van der Waals surface area contributed by atoms with Gasteiger partial charge in [-0.05, 0) is 61.0 Å². The van der Waals surface area contributed by atoms with Gasteiger partial charge in [0.25, 0.3) is 0 Å². The summed E-state index contributed by atoms with van der Waals surface area (Å²) in [7, 11) is 3.78. The van der Waals surface area contributed by atoms with Gasteiger partial charge in [0.1, 0.15) is 0 Å². The molecule has 0 spiro atoms. The maximum atomic E-state index is 13.5. The Bertz CT molecular complexity index is 1040. The zero-order valence-electron chi connectivity index (χ0n) is 20.1. The summed E-state index contributed by atoms with van der Waals surface area (Å²) >= 11 is 0. The summed E-state index contributed by atoms with van der Waals surface area (Å²) in [6, 6.07) is 23.3. The SMILES string of the molecule is C[C@H](CN1CCC(Cc2ccccc2-c2cccnc2)(C(=O)N(C)C)CC1)c1ccccc1. The van der Waals surface area contributed by atoms with Crippen LogP contribution in [0.15, 0.2) is 79.1 Å². The summed E-state index contributed by atoms with van der Waals surface area (Å²) in [4.78, 5) is 22.1. The van der Waals surface area contributed by atoms with Crippen LogP contribution in [0.25, 0.3) is 11.1 Å². The average Bonchev–Trinajstić information content (AvgIpc) is 2.86. The smallest absolute Gasteiger partial charge is 0.228 e. The first-order chi connectivity index (χ1) is 16.0. The lowest BCUT2D eigenvalue weighted by Crippen LogP contribution is -2.50. The Hall–Kier alpha value is -2.98. The highest BCUT2D eigenvalue weighted by atomic mass is 16.2. The second kappa shape index (κ2) is 10.3. The van der Waals surface area contributed by atoms with Crippen LogP contribution in [-0.4, -0.2) is 54.4 Å². The van der Waals surface area contributed by atoms with Crippen LogP contribution in [0.2, 0.25) is 0 Å². The zero-order valence-corrected chi connectivity index (χ0v) is 20.1. The number of aromatic nitrogens is 1. The van der Waals surface area contributed by atoms with Crippen molar-refractivity contribution in [1.82, 2.24) is 14.8 Å². The van der Waals surface area contributed by atoms with E-state index in [9.17, 15) is 4.79 Å². The minimum atomic E-state index is -0.367. The zero-order chi connectivity index (χ0) is 23.3. The molecule has 4 heteroatoms. The maximum Gasteiger partial charge on any atom is 0.228 e. The van der Waals surface area contributed by atoms with E-state index in [4.69, 9.17) is 0 Å². The number of amides is 1. The predicted molar refractivity (Wildman–Crippen MR) is 135 cm³/mol. The normalized spacial score (nSPS) is 16.8. The van der Waals surface area contributed by atoms with Crippen LogP contribution in [-0.2, 0) is 11.2 Å². The number of hydrogen-bond donors (Lipinski definition) is 0. The van der Waals surface area contributed by atoms with Gasteiger partial charge in [-0.1, -0.05) is 67.6 Å². The van der Waals surface area contributed by atoms with Crippen LogP contribution in [0, 0.1) is 5.41 Å². The Morgan fingerprint density at radius 2 is 1.70 bits per heavy atom. The Morgan fingerprint density at radius 3 is 2.36 bits per heavy atom. The molecule has 0 radical (unpaired) electrons. The third kappa shape index (κ3) is 5.33. The topological polar surface area (TPSA) is 36.4 Å². The van der Waals surface area contributed by atoms with Crippen LogP contribution in [0.5, 0.6) is 0 Å². The molecule has 0 N–H and O–H groups in total. The molecule has 33 heavy (non-hydrogen) atoms. The summed E-state index contributed by atoms with van der Waals surface area (Å²) in [6.45, 7) is 5.23. The predicted octanol–water partition coefficient (Wildman–Crippen LogP) is 5.27. The van der Waals surface area contributed by atoms with Gasteiger partial charge in [0.05, 0.1) is 5.41 Å². The van der Waals surface area contributed by atoms with Crippen molar-refractivity contribution < 1.29 is 4.79 Å². The van der Waals surface area contributed by atoms with E-state index in [1.807, 2.05) is 26.4 Å². The molecule has 1 atom stereocenters. The first kappa shape index (κ1) is 23.2. The lowest BCUT2D eigenvalue weighted by Gasteiger charge is -2.43. The second-order valence-electron chi connectivity index (χ2n) is 9.67. The first-order valence-electron chi connectivity index (χ1n) is 12.0. The first-order valence-corrected chi connectivity index (χ1v) is 12.0. The van der Waals surface area contributed by atoms with Crippen molar-refractivity contribution in [2.75, 3.05) is 33.7 Å². The van der Waals surface area contributed by atoms with Crippen molar-refractivity contribution in [2.45, 2.75) is 32.1 Å². The molecule has 1 aliphatic rings. The Balaban J connectivity index is 1.53. The number of carbonyl (C=O) groups is 1. The molecule has 0 saturated carbocycles. The molecular weight excluding hydrogens is 406 g/mol. The van der Waals surface area contributed by atoms with E-state index < -0.39 is 0 Å². The van der Waals surface area contributed by atoms with Crippen LogP contribution >= 0.6 is 0 Å². The van der Waals surface area contributed by atoms with Gasteiger partial charge in [0, 0.05) is 38.6 Å². The highest BCUT2D eigenvalue weighted by molar-refractivity contribution is 5.83. The van der Waals surface area contributed by atoms with Gasteiger partial charge in [0.15, 0.2) is 0 Å². The van der Waals surface area contributed by atoms with E-state index in [-0.39, 0.29) is 11.3 Å². The van der Waals surface area contributed by atoms with E-state index in [2.05, 4.69) is 77.5 Å². The number of hydrogen-bond acceptors (Lipinski definition) is 3. The van der Waals surface area contributed by atoms with Crippen molar-refractivity contribution in [3.63, 3.8) is 0 Å². The number of carbonyl (C=O) groups excluding carboxylic acids is 1. The average molecular weight is 442 g/mol. The van der Waals surface area contributed by atoms with Crippen LogP contribution < -0.4 is 0 Å². The maximum absolute atomic E-state index is 13.5. The van der Waals surface area contributed by atoms with Gasteiger partial charge in [0.2, 0.25) is 5.91 Å². The molecule has 3 aromatic rings. The largest absolute Gasteiger partial charge is 0.348 e. The third-order valence-corrected chi connectivity index (χ3v) is 7.09. The Labute approximate surface area is 198 Å². The summed E-state index contributed by atoms with van der Waals surface area (Å²) in [5.41, 5.74) is 4.52. The molecule has 1 fully saturated rings. The van der Waals surface area contributed by atoms with Gasteiger partial charge in [-0.15, -0.1) is 0 Å². The fourth-order valence-corrected chi connectivity index (χ4v) is 5.22. The lowest BCUT2D eigenvalue weighted by molar-refractivity contribution is -0.142. The Morgan fingerprint density at radius 1 is 1.00 bits per heavy atom. The van der Waals surface area contributed by atoms with E-state index in [1.54, 1.807) is 11.1 Å². The quantitative estimate of drug-likeness (QED) is 0.501. The van der Waals surface area contributed by atoms with Crippen LogP contribution in [0.3, 0.4) is 0 Å². The number of benzene rings is 2. The molecule has 1 aromatic heterocycles. The van der Waals surface area contributed by atoms with Crippen molar-refractivity contribution in [3.8, 4) is 11.1 Å². The van der Waals surface area contributed by atoms with Crippen LogP contribution in [0.4, 0.5) is 0 Å². The van der Waals surface area contributed by atoms with Crippen molar-refractivity contribution in [3.05, 3.63) is 90.3 Å². The van der Waals surface area contributed by atoms with Gasteiger partial charge < -0.3 is 9.80 Å². The van der Waals surface area contributed by atoms with Gasteiger partial charge >= 0.3 is 0 Å². The number of rotatable bonds is 7. The number of likely N-dealkylation sites (tertiary alicyclic amines) is 1. The monoisotopic (exact) mass is 441 g/mol. The molecule has 2 aromatic carbocycles. The molecule has 0 bridgehead atoms. The fourth-order valence-electron chi connectivity index (χ4n) is 5.22. The summed E-state index contributed by atoms with van der Waals surface area (Å²) in [6.07, 6.45) is 6.24. The highest BCUT2D eigenvalue weighted by Gasteiger charge is 2.42. The molecule has 4 rings (SSSR count). The summed E-state index contributed by atoms with van der Waals surface area (Å²) < 4.78 is 0. The second-order valence-corrected chi connectivity index (χ2v) is 9.67. The summed E-state index contributed by atoms with van der Waals surface area (Å²) in [5.74, 6) is 0.730. The van der Waals surface area contributed by atoms with Crippen LogP contribution in [0.1, 0.15) is 36.8 Å². The Kier molecular flexibility index (Phi) is 7.24. The fraction of sp³-hybridized carbons (Fsp3) is 0.379. The standard InChI is InChI=1S/C29H35N3O/c1-23(24-10-5-4-6-11-24)22-32-18-15-29(16-19-32,28(33)31(2)3)20-25-12-7-8-14-27(25)26-13-9-17-30-21-26/h4-14,17,21,23H,15-16,18-20,22H2,1-3H3/t23-/m1/s1. The number of nitrogens with zero attached hydrogens (tertiary/aromatic N) is 3. The van der Waals surface area contributed by atoms with Crippen molar-refractivity contribution >= 4 is 5.91 Å². The molecule has 2 heterocycles. The van der Waals surface area contributed by atoms with Gasteiger partial charge in [-0.2, -0.15) is 0 Å². The molecule has 0 aliphatic carbocycles. The van der Waals surface area contributed by atoms with E-state index in [0.29, 0.717) is 5.92 Å². The third-order valence-electron chi connectivity index (χ3n) is 7.09. The molecule has 172 valence electrons. The minimum absolute atomic E-state index is 0.249. The summed E-state index contributed by atoms with van der Waals surface area (Å²) in [5, 5.41) is 0. The van der Waals surface area contributed by atoms with E-state index in [0.717, 1.165) is 44.5 Å². The van der Waals surface area contributed by atoms with Gasteiger partial charge in [-0.3, -0.25) is 9.78 Å². The lowest BCUT2D eigenvalue weighted by atomic mass is 9.71. The molecule has 4 nitrogen and oxygen atoms in total. The minimum Gasteiger partial charge on any atom is -0.348 e.